The number of carbonyl (C=O) groups excluding carboxylic acids is 1. The van der Waals surface area contributed by atoms with E-state index < -0.39 is 12.7 Å². The molecule has 1 aromatic rings. The fraction of sp³-hybridized carbons (Fsp3) is 0.562. The van der Waals surface area contributed by atoms with Crippen molar-refractivity contribution in [2.45, 2.75) is 32.1 Å². The second-order valence-corrected chi connectivity index (χ2v) is 6.21. The van der Waals surface area contributed by atoms with E-state index >= 15 is 0 Å². The molecule has 0 unspecified atom stereocenters. The highest BCUT2D eigenvalue weighted by molar-refractivity contribution is 5.92. The number of alkyl halides is 3. The molecule has 1 amide bonds. The van der Waals surface area contributed by atoms with E-state index in [9.17, 15) is 18.0 Å². The van der Waals surface area contributed by atoms with E-state index in [0.29, 0.717) is 18.2 Å². The van der Waals surface area contributed by atoms with Crippen molar-refractivity contribution in [3.05, 3.63) is 29.3 Å². The Balaban J connectivity index is 1.57. The molecule has 1 aromatic carbocycles. The summed E-state index contributed by atoms with van der Waals surface area (Å²) in [5.74, 6) is 0.313. The van der Waals surface area contributed by atoms with Gasteiger partial charge in [-0.3, -0.25) is 9.69 Å². The van der Waals surface area contributed by atoms with Crippen LogP contribution in [0.15, 0.2) is 18.2 Å². The Morgan fingerprint density at radius 3 is 2.78 bits per heavy atom. The van der Waals surface area contributed by atoms with Crippen LogP contribution in [-0.4, -0.2) is 36.7 Å². The summed E-state index contributed by atoms with van der Waals surface area (Å²) in [5.41, 5.74) is 2.16. The van der Waals surface area contributed by atoms with Gasteiger partial charge < -0.3 is 10.1 Å². The molecule has 0 bridgehead atoms. The van der Waals surface area contributed by atoms with Gasteiger partial charge in [-0.2, -0.15) is 13.2 Å². The maximum Gasteiger partial charge on any atom is 0.401 e. The third-order valence-corrected chi connectivity index (χ3v) is 4.01. The monoisotopic (exact) mass is 328 g/mol. The number of halogens is 3. The number of ether oxygens (including phenoxy) is 1. The summed E-state index contributed by atoms with van der Waals surface area (Å²) in [5, 5.41) is 2.75. The zero-order valence-electron chi connectivity index (χ0n) is 12.7. The standard InChI is InChI=1S/C16H19F3N2O2/c17-16(18,19)10-21-6-12-2-1-3-14(13(12)7-21)20-15(22)9-23-8-11-4-5-11/h1-3,11H,4-10H2,(H,20,22). The SMILES string of the molecule is O=C(COCC1CC1)Nc1cccc2c1CN(CC(F)(F)F)C2. The Morgan fingerprint density at radius 1 is 1.30 bits per heavy atom. The third-order valence-electron chi connectivity index (χ3n) is 4.01. The first-order valence-electron chi connectivity index (χ1n) is 7.68. The number of fused-ring (bicyclic) bond motifs is 1. The molecule has 0 saturated heterocycles. The van der Waals surface area contributed by atoms with Crippen molar-refractivity contribution in [1.29, 1.82) is 0 Å². The predicted octanol–water partition coefficient (Wildman–Crippen LogP) is 2.93. The van der Waals surface area contributed by atoms with Gasteiger partial charge in [0.2, 0.25) is 5.91 Å². The number of rotatable bonds is 6. The molecule has 23 heavy (non-hydrogen) atoms. The average Bonchev–Trinajstić information content (AvgIpc) is 3.16. The van der Waals surface area contributed by atoms with Crippen LogP contribution >= 0.6 is 0 Å². The van der Waals surface area contributed by atoms with Gasteiger partial charge in [-0.15, -0.1) is 0 Å². The van der Waals surface area contributed by atoms with Crippen molar-refractivity contribution in [2.24, 2.45) is 5.92 Å². The zero-order chi connectivity index (χ0) is 16.4. The molecule has 0 atom stereocenters. The van der Waals surface area contributed by atoms with Crippen molar-refractivity contribution in [3.63, 3.8) is 0 Å². The summed E-state index contributed by atoms with van der Waals surface area (Å²) in [6, 6.07) is 5.26. The minimum Gasteiger partial charge on any atom is -0.371 e. The largest absolute Gasteiger partial charge is 0.401 e. The molecule has 0 spiro atoms. The minimum absolute atomic E-state index is 0.0214. The topological polar surface area (TPSA) is 41.6 Å². The summed E-state index contributed by atoms with van der Waals surface area (Å²) >= 11 is 0. The number of amides is 1. The second-order valence-electron chi connectivity index (χ2n) is 6.21. The van der Waals surface area contributed by atoms with E-state index in [1.807, 2.05) is 0 Å². The van der Waals surface area contributed by atoms with Gasteiger partial charge in [0, 0.05) is 18.8 Å². The number of benzene rings is 1. The fourth-order valence-corrected chi connectivity index (χ4v) is 2.76. The van der Waals surface area contributed by atoms with E-state index in [1.54, 1.807) is 18.2 Å². The first-order valence-corrected chi connectivity index (χ1v) is 7.68. The highest BCUT2D eigenvalue weighted by Crippen LogP contribution is 2.31. The molecule has 1 fully saturated rings. The van der Waals surface area contributed by atoms with Gasteiger partial charge >= 0.3 is 6.18 Å². The van der Waals surface area contributed by atoms with Crippen molar-refractivity contribution >= 4 is 11.6 Å². The lowest BCUT2D eigenvalue weighted by atomic mass is 10.1. The Bertz CT molecular complexity index is 585. The zero-order valence-corrected chi connectivity index (χ0v) is 12.7. The van der Waals surface area contributed by atoms with Gasteiger partial charge in [0.25, 0.3) is 0 Å². The van der Waals surface area contributed by atoms with Crippen LogP contribution in [0, 0.1) is 5.92 Å². The summed E-state index contributed by atoms with van der Waals surface area (Å²) < 4.78 is 42.9. The van der Waals surface area contributed by atoms with Gasteiger partial charge in [-0.25, -0.2) is 0 Å². The number of hydrogen-bond donors (Lipinski definition) is 1. The smallest absolute Gasteiger partial charge is 0.371 e. The summed E-state index contributed by atoms with van der Waals surface area (Å²) in [6.45, 7) is 0.0661. The number of nitrogens with one attached hydrogen (secondary N) is 1. The minimum atomic E-state index is -4.22. The lowest BCUT2D eigenvalue weighted by Gasteiger charge is -2.17. The fourth-order valence-electron chi connectivity index (χ4n) is 2.76. The number of carbonyl (C=O) groups is 1. The van der Waals surface area contributed by atoms with Gasteiger partial charge in [0.1, 0.15) is 6.61 Å². The Labute approximate surface area is 132 Å². The van der Waals surface area contributed by atoms with Crippen molar-refractivity contribution < 1.29 is 22.7 Å². The van der Waals surface area contributed by atoms with Gasteiger partial charge in [0.15, 0.2) is 0 Å². The molecule has 1 aliphatic heterocycles. The van der Waals surface area contributed by atoms with Crippen LogP contribution in [0.3, 0.4) is 0 Å². The first kappa shape index (κ1) is 16.3. The third kappa shape index (κ3) is 4.68. The highest BCUT2D eigenvalue weighted by Gasteiger charge is 2.34. The molecular weight excluding hydrogens is 309 g/mol. The lowest BCUT2D eigenvalue weighted by molar-refractivity contribution is -0.147. The molecule has 126 valence electrons. The van der Waals surface area contributed by atoms with Crippen molar-refractivity contribution in [1.82, 2.24) is 4.90 Å². The molecule has 4 nitrogen and oxygen atoms in total. The molecular formula is C16H19F3N2O2. The molecule has 1 heterocycles. The van der Waals surface area contributed by atoms with Crippen LogP contribution in [0.1, 0.15) is 24.0 Å². The maximum absolute atomic E-state index is 12.5. The van der Waals surface area contributed by atoms with Crippen LogP contribution in [0.2, 0.25) is 0 Å². The molecule has 7 heteroatoms. The van der Waals surface area contributed by atoms with E-state index in [1.165, 1.54) is 4.90 Å². The predicted molar refractivity (Wildman–Crippen MR) is 78.8 cm³/mol. The molecule has 1 N–H and O–H groups in total. The molecule has 0 aromatic heterocycles. The Kier molecular flexibility index (Phi) is 4.59. The van der Waals surface area contributed by atoms with E-state index in [2.05, 4.69) is 5.32 Å². The summed E-state index contributed by atoms with van der Waals surface area (Å²) in [7, 11) is 0. The number of anilines is 1. The van der Waals surface area contributed by atoms with Crippen LogP contribution in [0.4, 0.5) is 18.9 Å². The molecule has 1 aliphatic carbocycles. The second kappa shape index (κ2) is 6.49. The van der Waals surface area contributed by atoms with E-state index in [0.717, 1.165) is 24.0 Å². The normalized spacial score (nSPS) is 18.0. The number of hydrogen-bond acceptors (Lipinski definition) is 3. The van der Waals surface area contributed by atoms with Gasteiger partial charge in [-0.1, -0.05) is 12.1 Å². The lowest BCUT2D eigenvalue weighted by Crippen LogP contribution is -2.30. The molecule has 1 saturated carbocycles. The maximum atomic E-state index is 12.5. The Hall–Kier alpha value is -1.60. The summed E-state index contributed by atoms with van der Waals surface area (Å²) in [4.78, 5) is 13.2. The van der Waals surface area contributed by atoms with Crippen LogP contribution in [-0.2, 0) is 22.6 Å². The summed E-state index contributed by atoms with van der Waals surface area (Å²) in [6.07, 6.45) is -1.91. The quantitative estimate of drug-likeness (QED) is 0.873. The Morgan fingerprint density at radius 2 is 2.09 bits per heavy atom. The molecule has 0 radical (unpaired) electrons. The highest BCUT2D eigenvalue weighted by atomic mass is 19.4. The van der Waals surface area contributed by atoms with E-state index in [4.69, 9.17) is 4.74 Å². The number of nitrogens with zero attached hydrogens (tertiary/aromatic N) is 1. The molecule has 3 rings (SSSR count). The average molecular weight is 328 g/mol. The molecule has 2 aliphatic rings. The van der Waals surface area contributed by atoms with Crippen molar-refractivity contribution in [2.75, 3.05) is 25.1 Å². The van der Waals surface area contributed by atoms with E-state index in [-0.39, 0.29) is 25.6 Å². The van der Waals surface area contributed by atoms with Gasteiger partial charge in [0.05, 0.1) is 13.2 Å². The van der Waals surface area contributed by atoms with Gasteiger partial charge in [-0.05, 0) is 36.0 Å². The first-order chi connectivity index (χ1) is 10.9. The van der Waals surface area contributed by atoms with Crippen LogP contribution in [0.25, 0.3) is 0 Å². The van der Waals surface area contributed by atoms with Crippen LogP contribution in [0.5, 0.6) is 0 Å². The van der Waals surface area contributed by atoms with Crippen LogP contribution < -0.4 is 5.32 Å². The van der Waals surface area contributed by atoms with Crippen molar-refractivity contribution in [3.8, 4) is 0 Å².